The maximum atomic E-state index is 6.63. The Morgan fingerprint density at radius 2 is 1.56 bits per heavy atom. The average Bonchev–Trinajstić information content (AvgIpc) is 3.18. The van der Waals surface area contributed by atoms with E-state index in [2.05, 4.69) is 39.3 Å². The van der Waals surface area contributed by atoms with Crippen molar-refractivity contribution in [3.63, 3.8) is 0 Å². The first-order valence-electron chi connectivity index (χ1n) is 10.4. The van der Waals surface area contributed by atoms with Crippen molar-refractivity contribution >= 4 is 25.2 Å². The maximum Gasteiger partial charge on any atom is 0.311 e. The van der Waals surface area contributed by atoms with Crippen molar-refractivity contribution in [3.8, 4) is 0 Å². The number of epoxide rings is 1. The molecule has 0 amide bonds. The van der Waals surface area contributed by atoms with Gasteiger partial charge < -0.3 is 27.2 Å². The largest absolute Gasteiger partial charge is 0.437 e. The lowest BCUT2D eigenvalue weighted by Crippen LogP contribution is -2.52. The van der Waals surface area contributed by atoms with E-state index in [1.165, 1.54) is 0 Å². The quantitative estimate of drug-likeness (QED) is 0.235. The molecule has 9 heteroatoms. The Morgan fingerprint density at radius 3 is 2.15 bits per heavy atom. The molecule has 0 aromatic heterocycles. The lowest BCUT2D eigenvalue weighted by molar-refractivity contribution is 0.0496. The third kappa shape index (κ3) is 10.7. The Balaban J connectivity index is 1.65. The first kappa shape index (κ1) is 23.7. The summed E-state index contributed by atoms with van der Waals surface area (Å²) in [6.07, 6.45) is 2.69. The lowest BCUT2D eigenvalue weighted by atomic mass is 10.3. The fraction of sp³-hybridized carbons (Fsp3) is 1.00. The van der Waals surface area contributed by atoms with E-state index < -0.39 is 25.2 Å². The summed E-state index contributed by atoms with van der Waals surface area (Å²) in [4.78, 5) is 0. The van der Waals surface area contributed by atoms with Crippen molar-refractivity contribution in [2.24, 2.45) is 0 Å². The van der Waals surface area contributed by atoms with Crippen LogP contribution in [0.1, 0.15) is 12.8 Å². The van der Waals surface area contributed by atoms with Crippen LogP contribution in [-0.2, 0) is 27.2 Å². The van der Waals surface area contributed by atoms with Gasteiger partial charge in [0.1, 0.15) is 6.10 Å². The normalized spacial score (nSPS) is 23.8. The predicted octanol–water partition coefficient (Wildman–Crippen LogP) is 3.74. The van der Waals surface area contributed by atoms with Crippen LogP contribution in [0.25, 0.3) is 0 Å². The molecule has 2 atom stereocenters. The van der Waals surface area contributed by atoms with Gasteiger partial charge in [-0.15, -0.1) is 0 Å². The van der Waals surface area contributed by atoms with Crippen LogP contribution in [0.4, 0.5) is 0 Å². The fourth-order valence-electron chi connectivity index (χ4n) is 3.55. The summed E-state index contributed by atoms with van der Waals surface area (Å²) in [6, 6.07) is 2.10. The zero-order valence-electron chi connectivity index (χ0n) is 18.2. The molecule has 0 aliphatic carbocycles. The Hall–Kier alpha value is 0.411. The van der Waals surface area contributed by atoms with Crippen LogP contribution < -0.4 is 0 Å². The van der Waals surface area contributed by atoms with Gasteiger partial charge in [-0.05, 0) is 64.2 Å². The van der Waals surface area contributed by atoms with Crippen LogP contribution in [0.5, 0.6) is 0 Å². The van der Waals surface area contributed by atoms with Gasteiger partial charge in [0.15, 0.2) is 16.6 Å². The number of hydrogen-bond donors (Lipinski definition) is 0. The zero-order chi connectivity index (χ0) is 20.0. The molecule has 0 saturated carbocycles. The highest BCUT2D eigenvalue weighted by Crippen LogP contribution is 2.25. The van der Waals surface area contributed by atoms with Crippen LogP contribution in [0.3, 0.4) is 0 Å². The van der Waals surface area contributed by atoms with Crippen LogP contribution in [0, 0.1) is 0 Å². The molecule has 2 fully saturated rings. The van der Waals surface area contributed by atoms with Crippen LogP contribution >= 0.6 is 0 Å². The highest BCUT2D eigenvalue weighted by atomic mass is 28.5. The highest BCUT2D eigenvalue weighted by Gasteiger charge is 2.39. The van der Waals surface area contributed by atoms with Crippen molar-refractivity contribution in [3.05, 3.63) is 0 Å². The average molecular weight is 437 g/mol. The summed E-state index contributed by atoms with van der Waals surface area (Å²) in [5, 5.41) is 0. The number of ether oxygens (including phenoxy) is 4. The van der Waals surface area contributed by atoms with E-state index in [4.69, 9.17) is 27.2 Å². The van der Waals surface area contributed by atoms with E-state index in [1.807, 2.05) is 0 Å². The minimum Gasteiger partial charge on any atom is -0.437 e. The first-order valence-corrected chi connectivity index (χ1v) is 19.4. The molecule has 0 N–H and O–H groups in total. The van der Waals surface area contributed by atoms with Crippen LogP contribution in [0.15, 0.2) is 0 Å². The second kappa shape index (κ2) is 10.4. The summed E-state index contributed by atoms with van der Waals surface area (Å²) in [6.45, 7) is 18.3. The van der Waals surface area contributed by atoms with E-state index in [0.717, 1.165) is 64.6 Å². The summed E-state index contributed by atoms with van der Waals surface area (Å²) in [7, 11) is -5.71. The molecule has 2 heterocycles. The third-order valence-electron chi connectivity index (χ3n) is 4.76. The van der Waals surface area contributed by atoms with Gasteiger partial charge in [-0.3, -0.25) is 0 Å². The zero-order valence-corrected chi connectivity index (χ0v) is 21.2. The minimum atomic E-state index is -2.15. The molecule has 0 bridgehead atoms. The smallest absolute Gasteiger partial charge is 0.311 e. The van der Waals surface area contributed by atoms with Gasteiger partial charge in [-0.25, -0.2) is 0 Å². The van der Waals surface area contributed by atoms with Crippen molar-refractivity contribution in [1.29, 1.82) is 0 Å². The predicted molar refractivity (Wildman–Crippen MR) is 115 cm³/mol. The first-order chi connectivity index (χ1) is 12.6. The summed E-state index contributed by atoms with van der Waals surface area (Å²) in [5.41, 5.74) is 0. The second-order valence-electron chi connectivity index (χ2n) is 9.36. The molecule has 2 saturated heterocycles. The second-order valence-corrected chi connectivity index (χ2v) is 21.8. The maximum absolute atomic E-state index is 6.63. The molecular formula is C18H40O6Si3. The van der Waals surface area contributed by atoms with E-state index in [-0.39, 0.29) is 6.10 Å². The Morgan fingerprint density at radius 1 is 0.889 bits per heavy atom. The van der Waals surface area contributed by atoms with Gasteiger partial charge in [0.05, 0.1) is 25.9 Å². The molecule has 2 unspecified atom stereocenters. The molecule has 0 radical (unpaired) electrons. The monoisotopic (exact) mass is 436 g/mol. The molecule has 2 rings (SSSR count). The van der Waals surface area contributed by atoms with E-state index >= 15 is 0 Å². The van der Waals surface area contributed by atoms with E-state index in [9.17, 15) is 0 Å². The molecule has 0 aromatic rings. The van der Waals surface area contributed by atoms with Gasteiger partial charge in [-0.2, -0.15) is 0 Å². The van der Waals surface area contributed by atoms with Gasteiger partial charge in [0, 0.05) is 19.8 Å². The van der Waals surface area contributed by atoms with Crippen molar-refractivity contribution in [2.75, 3.05) is 39.6 Å². The van der Waals surface area contributed by atoms with Crippen LogP contribution in [0.2, 0.25) is 51.4 Å². The van der Waals surface area contributed by atoms with Crippen molar-refractivity contribution in [2.45, 2.75) is 76.4 Å². The SMILES string of the molecule is C[Si](C)(CCCOCC1CO1)O[Si](C)(C)O[Si](C)(C)CCOC1CCOC1. The molecule has 27 heavy (non-hydrogen) atoms. The molecule has 0 aromatic carbocycles. The highest BCUT2D eigenvalue weighted by molar-refractivity contribution is 6.87. The van der Waals surface area contributed by atoms with E-state index in [1.54, 1.807) is 0 Å². The molecule has 0 spiro atoms. The van der Waals surface area contributed by atoms with Gasteiger partial charge in [-0.1, -0.05) is 0 Å². The fourth-order valence-corrected chi connectivity index (χ4v) is 17.2. The van der Waals surface area contributed by atoms with Crippen molar-refractivity contribution < 1.29 is 27.2 Å². The Bertz CT molecular complexity index is 437. The summed E-state index contributed by atoms with van der Waals surface area (Å²) < 4.78 is 35.4. The van der Waals surface area contributed by atoms with Gasteiger partial charge in [0.25, 0.3) is 0 Å². The van der Waals surface area contributed by atoms with Crippen molar-refractivity contribution in [1.82, 2.24) is 0 Å². The molecule has 160 valence electrons. The molecule has 2 aliphatic rings. The van der Waals surface area contributed by atoms with Gasteiger partial charge in [0.2, 0.25) is 0 Å². The Labute approximate surface area is 168 Å². The molecular weight excluding hydrogens is 396 g/mol. The summed E-state index contributed by atoms with van der Waals surface area (Å²) in [5.74, 6) is 0. The lowest BCUT2D eigenvalue weighted by Gasteiger charge is -2.38. The van der Waals surface area contributed by atoms with E-state index in [0.29, 0.717) is 6.10 Å². The number of rotatable bonds is 14. The topological polar surface area (TPSA) is 58.7 Å². The molecule has 6 nitrogen and oxygen atoms in total. The number of hydrogen-bond acceptors (Lipinski definition) is 6. The van der Waals surface area contributed by atoms with Crippen LogP contribution in [-0.4, -0.2) is 77.0 Å². The van der Waals surface area contributed by atoms with Gasteiger partial charge >= 0.3 is 8.56 Å². The minimum absolute atomic E-state index is 0.274. The third-order valence-corrected chi connectivity index (χ3v) is 16.1. The standard InChI is InChI=1S/C18H40O6Si3/c1-25(2,12-7-9-19-15-18-16-22-18)23-27(5,6)24-26(3,4)13-11-21-17-8-10-20-14-17/h17-18H,7-16H2,1-6H3. The molecule has 2 aliphatic heterocycles. The summed E-state index contributed by atoms with van der Waals surface area (Å²) >= 11 is 0. The Kier molecular flexibility index (Phi) is 9.16.